The topological polar surface area (TPSA) is 64.9 Å². The van der Waals surface area contributed by atoms with E-state index in [1.165, 1.54) is 0 Å². The SMILES string of the molecule is NCc1nc(-c2ccc3sc(C(F)(F)F)cc3c2)no1. The first kappa shape index (κ1) is 13.1. The van der Waals surface area contributed by atoms with Gasteiger partial charge in [-0.2, -0.15) is 18.2 Å². The molecule has 0 amide bonds. The Balaban J connectivity index is 2.06. The van der Waals surface area contributed by atoms with E-state index in [2.05, 4.69) is 10.1 Å². The molecule has 0 fully saturated rings. The highest BCUT2D eigenvalue weighted by Gasteiger charge is 2.32. The summed E-state index contributed by atoms with van der Waals surface area (Å²) in [6.45, 7) is 0.117. The molecule has 2 heterocycles. The maximum Gasteiger partial charge on any atom is 0.425 e. The molecular weight excluding hydrogens is 291 g/mol. The van der Waals surface area contributed by atoms with Crippen molar-refractivity contribution in [1.82, 2.24) is 10.1 Å². The van der Waals surface area contributed by atoms with Crippen LogP contribution in [0.15, 0.2) is 28.8 Å². The Labute approximate surface area is 115 Å². The van der Waals surface area contributed by atoms with Gasteiger partial charge in [-0.05, 0) is 29.7 Å². The van der Waals surface area contributed by atoms with Gasteiger partial charge in [0.25, 0.3) is 0 Å². The number of alkyl halides is 3. The molecule has 4 nitrogen and oxygen atoms in total. The predicted molar refractivity (Wildman–Crippen MR) is 68.0 cm³/mol. The first-order chi connectivity index (χ1) is 9.47. The second-order valence-corrected chi connectivity index (χ2v) is 5.16. The third kappa shape index (κ3) is 2.27. The van der Waals surface area contributed by atoms with Crippen molar-refractivity contribution in [3.63, 3.8) is 0 Å². The van der Waals surface area contributed by atoms with Gasteiger partial charge in [-0.1, -0.05) is 5.16 Å². The lowest BCUT2D eigenvalue weighted by Gasteiger charge is -1.99. The third-order valence-electron chi connectivity index (χ3n) is 2.70. The smallest absolute Gasteiger partial charge is 0.338 e. The number of hydrogen-bond acceptors (Lipinski definition) is 5. The van der Waals surface area contributed by atoms with E-state index in [0.717, 1.165) is 6.07 Å². The summed E-state index contributed by atoms with van der Waals surface area (Å²) >= 11 is 0.709. The van der Waals surface area contributed by atoms with Crippen molar-refractivity contribution < 1.29 is 17.7 Å². The van der Waals surface area contributed by atoms with Gasteiger partial charge in [-0.25, -0.2) is 0 Å². The lowest BCUT2D eigenvalue weighted by Crippen LogP contribution is -2.00. The van der Waals surface area contributed by atoms with Gasteiger partial charge >= 0.3 is 6.18 Å². The molecule has 0 atom stereocenters. The average Bonchev–Trinajstić information content (AvgIpc) is 3.03. The molecule has 0 bridgehead atoms. The van der Waals surface area contributed by atoms with Crippen molar-refractivity contribution in [3.8, 4) is 11.4 Å². The zero-order valence-electron chi connectivity index (χ0n) is 9.94. The number of nitrogens with two attached hydrogens (primary N) is 1. The number of benzene rings is 1. The molecule has 2 aromatic heterocycles. The minimum Gasteiger partial charge on any atom is -0.338 e. The lowest BCUT2D eigenvalue weighted by molar-refractivity contribution is -0.134. The summed E-state index contributed by atoms with van der Waals surface area (Å²) in [6, 6.07) is 5.99. The van der Waals surface area contributed by atoms with Gasteiger partial charge in [-0.15, -0.1) is 11.3 Å². The van der Waals surface area contributed by atoms with Crippen LogP contribution >= 0.6 is 11.3 Å². The quantitative estimate of drug-likeness (QED) is 0.787. The molecule has 8 heteroatoms. The summed E-state index contributed by atoms with van der Waals surface area (Å²) in [7, 11) is 0. The van der Waals surface area contributed by atoms with E-state index in [4.69, 9.17) is 10.3 Å². The molecule has 0 unspecified atom stereocenters. The van der Waals surface area contributed by atoms with Crippen LogP contribution in [-0.4, -0.2) is 10.1 Å². The summed E-state index contributed by atoms with van der Waals surface area (Å²) in [6.07, 6.45) is -4.33. The fourth-order valence-corrected chi connectivity index (χ4v) is 2.69. The first-order valence-electron chi connectivity index (χ1n) is 5.61. The number of hydrogen-bond donors (Lipinski definition) is 1. The van der Waals surface area contributed by atoms with Crippen LogP contribution in [0.4, 0.5) is 13.2 Å². The molecule has 0 spiro atoms. The lowest BCUT2D eigenvalue weighted by atomic mass is 10.1. The molecule has 3 aromatic rings. The van der Waals surface area contributed by atoms with Gasteiger partial charge in [0.05, 0.1) is 6.54 Å². The molecule has 2 N–H and O–H groups in total. The highest BCUT2D eigenvalue weighted by molar-refractivity contribution is 7.19. The second-order valence-electron chi connectivity index (χ2n) is 4.08. The van der Waals surface area contributed by atoms with Crippen molar-refractivity contribution in [2.24, 2.45) is 5.73 Å². The molecule has 0 aliphatic heterocycles. The standard InChI is InChI=1S/C12H8F3N3OS/c13-12(14,15)9-4-7-3-6(1-2-8(7)20-9)11-17-10(5-16)19-18-11/h1-4H,5,16H2. The van der Waals surface area contributed by atoms with Gasteiger partial charge in [-0.3, -0.25) is 0 Å². The first-order valence-corrected chi connectivity index (χ1v) is 6.43. The Hall–Kier alpha value is -1.93. The molecule has 0 saturated heterocycles. The number of rotatable bonds is 2. The molecule has 0 aliphatic rings. The Morgan fingerprint density at radius 3 is 2.70 bits per heavy atom. The van der Waals surface area contributed by atoms with Crippen molar-refractivity contribution in [3.05, 3.63) is 35.0 Å². The van der Waals surface area contributed by atoms with Crippen molar-refractivity contribution in [1.29, 1.82) is 0 Å². The van der Waals surface area contributed by atoms with Gasteiger partial charge in [0.1, 0.15) is 4.88 Å². The summed E-state index contributed by atoms with van der Waals surface area (Å²) in [5.74, 6) is 0.591. The van der Waals surface area contributed by atoms with Crippen LogP contribution in [0.5, 0.6) is 0 Å². The second kappa shape index (κ2) is 4.57. The fraction of sp³-hybridized carbons (Fsp3) is 0.167. The fourth-order valence-electron chi connectivity index (χ4n) is 1.78. The monoisotopic (exact) mass is 299 g/mol. The minimum atomic E-state index is -4.33. The summed E-state index contributed by atoms with van der Waals surface area (Å²) in [5.41, 5.74) is 5.95. The predicted octanol–water partition coefficient (Wildman–Crippen LogP) is 3.43. The van der Waals surface area contributed by atoms with Gasteiger partial charge in [0.15, 0.2) is 0 Å². The molecule has 0 aliphatic carbocycles. The maximum atomic E-state index is 12.7. The van der Waals surface area contributed by atoms with E-state index < -0.39 is 11.1 Å². The molecule has 0 radical (unpaired) electrons. The summed E-state index contributed by atoms with van der Waals surface area (Å²) in [4.78, 5) is 3.42. The highest BCUT2D eigenvalue weighted by Crippen LogP contribution is 2.38. The van der Waals surface area contributed by atoms with Gasteiger partial charge in [0.2, 0.25) is 11.7 Å². The van der Waals surface area contributed by atoms with E-state index in [9.17, 15) is 13.2 Å². The third-order valence-corrected chi connectivity index (χ3v) is 3.86. The number of halogens is 3. The number of thiophene rings is 1. The van der Waals surface area contributed by atoms with Crippen LogP contribution in [-0.2, 0) is 12.7 Å². The summed E-state index contributed by atoms with van der Waals surface area (Å²) in [5, 5.41) is 4.23. The Morgan fingerprint density at radius 2 is 2.05 bits per heavy atom. The van der Waals surface area contributed by atoms with Crippen molar-refractivity contribution in [2.75, 3.05) is 0 Å². The zero-order chi connectivity index (χ0) is 14.3. The van der Waals surface area contributed by atoms with Crippen LogP contribution < -0.4 is 5.73 Å². The van der Waals surface area contributed by atoms with Gasteiger partial charge < -0.3 is 10.3 Å². The van der Waals surface area contributed by atoms with Crippen LogP contribution in [0.1, 0.15) is 10.8 Å². The highest BCUT2D eigenvalue weighted by atomic mass is 32.1. The number of fused-ring (bicyclic) bond motifs is 1. The van der Waals surface area contributed by atoms with Crippen LogP contribution in [0, 0.1) is 0 Å². The molecular formula is C12H8F3N3OS. The molecule has 20 heavy (non-hydrogen) atoms. The maximum absolute atomic E-state index is 12.7. The van der Waals surface area contributed by atoms with E-state index in [1.54, 1.807) is 18.2 Å². The Morgan fingerprint density at radius 1 is 1.25 bits per heavy atom. The molecule has 3 rings (SSSR count). The minimum absolute atomic E-state index is 0.117. The number of nitrogens with zero attached hydrogens (tertiary/aromatic N) is 2. The van der Waals surface area contributed by atoms with Crippen LogP contribution in [0.3, 0.4) is 0 Å². The zero-order valence-corrected chi connectivity index (χ0v) is 10.8. The van der Waals surface area contributed by atoms with E-state index >= 15 is 0 Å². The Bertz CT molecular complexity index is 763. The average molecular weight is 299 g/mol. The van der Waals surface area contributed by atoms with Crippen molar-refractivity contribution >= 4 is 21.4 Å². The van der Waals surface area contributed by atoms with E-state index in [0.29, 0.717) is 32.8 Å². The molecule has 1 aromatic carbocycles. The number of aromatic nitrogens is 2. The van der Waals surface area contributed by atoms with E-state index in [1.807, 2.05) is 0 Å². The van der Waals surface area contributed by atoms with Crippen LogP contribution in [0.25, 0.3) is 21.5 Å². The largest absolute Gasteiger partial charge is 0.425 e. The Kier molecular flexibility index (Phi) is 2.98. The van der Waals surface area contributed by atoms with Crippen LogP contribution in [0.2, 0.25) is 0 Å². The van der Waals surface area contributed by atoms with Crippen molar-refractivity contribution in [2.45, 2.75) is 12.7 Å². The molecule has 0 saturated carbocycles. The van der Waals surface area contributed by atoms with Gasteiger partial charge in [0, 0.05) is 10.3 Å². The van der Waals surface area contributed by atoms with E-state index in [-0.39, 0.29) is 12.4 Å². The molecule has 104 valence electrons. The summed E-state index contributed by atoms with van der Waals surface area (Å²) < 4.78 is 43.4. The normalized spacial score (nSPS) is 12.2.